The summed E-state index contributed by atoms with van der Waals surface area (Å²) in [5, 5.41) is 12.0. The molecule has 2 aromatic rings. The van der Waals surface area contributed by atoms with Crippen LogP contribution in [0.4, 0.5) is 10.2 Å². The summed E-state index contributed by atoms with van der Waals surface area (Å²) in [6.45, 7) is 2.14. The topological polar surface area (TPSA) is 64.8 Å². The first-order valence-electron chi connectivity index (χ1n) is 6.57. The molecule has 6 heteroatoms. The number of benzene rings is 1. The molecule has 0 spiro atoms. The van der Waals surface area contributed by atoms with E-state index >= 15 is 0 Å². The van der Waals surface area contributed by atoms with E-state index in [1.165, 1.54) is 18.3 Å². The zero-order chi connectivity index (χ0) is 15.1. The second-order valence-electron chi connectivity index (χ2n) is 4.66. The second kappa shape index (κ2) is 7.31. The normalized spacial score (nSPS) is 10.4. The first kappa shape index (κ1) is 14.9. The van der Waals surface area contributed by atoms with Gasteiger partial charge in [0.2, 0.25) is 0 Å². The van der Waals surface area contributed by atoms with E-state index in [1.54, 1.807) is 18.3 Å². The van der Waals surface area contributed by atoms with Crippen LogP contribution in [0.1, 0.15) is 11.3 Å². The van der Waals surface area contributed by atoms with Gasteiger partial charge in [-0.3, -0.25) is 0 Å². The minimum atomic E-state index is -0.227. The molecule has 1 aromatic carbocycles. The molecular formula is C15H16FN5. The third kappa shape index (κ3) is 4.51. The van der Waals surface area contributed by atoms with E-state index in [0.717, 1.165) is 18.7 Å². The van der Waals surface area contributed by atoms with Crippen molar-refractivity contribution in [2.75, 3.05) is 25.5 Å². The molecule has 0 saturated heterocycles. The number of halogens is 1. The molecule has 0 aliphatic rings. The van der Waals surface area contributed by atoms with Crippen molar-refractivity contribution in [3.8, 4) is 6.07 Å². The van der Waals surface area contributed by atoms with Gasteiger partial charge in [-0.25, -0.2) is 14.4 Å². The number of rotatable bonds is 6. The Balaban J connectivity index is 1.80. The van der Waals surface area contributed by atoms with E-state index in [2.05, 4.69) is 20.2 Å². The predicted octanol–water partition coefficient (Wildman–Crippen LogP) is 2.03. The Bertz CT molecular complexity index is 621. The predicted molar refractivity (Wildman–Crippen MR) is 78.0 cm³/mol. The molecule has 0 aliphatic heterocycles. The lowest BCUT2D eigenvalue weighted by molar-refractivity contribution is 0.339. The van der Waals surface area contributed by atoms with E-state index in [4.69, 9.17) is 5.26 Å². The van der Waals surface area contributed by atoms with Gasteiger partial charge in [0.05, 0.1) is 0 Å². The molecule has 21 heavy (non-hydrogen) atoms. The molecule has 1 aromatic heterocycles. The summed E-state index contributed by atoms with van der Waals surface area (Å²) in [5.74, 6) is 0.268. The molecule has 0 bridgehead atoms. The van der Waals surface area contributed by atoms with Crippen LogP contribution in [-0.4, -0.2) is 35.0 Å². The van der Waals surface area contributed by atoms with Gasteiger partial charge in [0, 0.05) is 32.0 Å². The van der Waals surface area contributed by atoms with Crippen LogP contribution < -0.4 is 5.32 Å². The van der Waals surface area contributed by atoms with Crippen LogP contribution in [0, 0.1) is 17.1 Å². The molecule has 0 aliphatic carbocycles. The third-order valence-corrected chi connectivity index (χ3v) is 2.96. The van der Waals surface area contributed by atoms with Gasteiger partial charge in [0.1, 0.15) is 11.9 Å². The van der Waals surface area contributed by atoms with Crippen LogP contribution in [-0.2, 0) is 6.54 Å². The third-order valence-electron chi connectivity index (χ3n) is 2.96. The van der Waals surface area contributed by atoms with E-state index in [9.17, 15) is 4.39 Å². The Morgan fingerprint density at radius 3 is 2.67 bits per heavy atom. The Kier molecular flexibility index (Phi) is 5.18. The summed E-state index contributed by atoms with van der Waals surface area (Å²) in [5.41, 5.74) is 1.34. The van der Waals surface area contributed by atoms with E-state index in [1.807, 2.05) is 13.1 Å². The van der Waals surface area contributed by atoms with Gasteiger partial charge >= 0.3 is 0 Å². The minimum absolute atomic E-state index is 0.227. The van der Waals surface area contributed by atoms with Crippen molar-refractivity contribution < 1.29 is 4.39 Å². The summed E-state index contributed by atoms with van der Waals surface area (Å²) >= 11 is 0. The summed E-state index contributed by atoms with van der Waals surface area (Å²) < 4.78 is 12.8. The van der Waals surface area contributed by atoms with Gasteiger partial charge in [-0.2, -0.15) is 5.26 Å². The molecule has 2 rings (SSSR count). The Labute approximate surface area is 123 Å². The van der Waals surface area contributed by atoms with Crippen molar-refractivity contribution in [3.63, 3.8) is 0 Å². The maximum atomic E-state index is 12.8. The van der Waals surface area contributed by atoms with Gasteiger partial charge in [0.25, 0.3) is 0 Å². The lowest BCUT2D eigenvalue weighted by atomic mass is 10.2. The standard InChI is InChI=1S/C15H16FN5/c1-21(11-12-2-4-13(16)5-3-12)9-8-20-15-14(10-17)18-6-7-19-15/h2-7H,8-9,11H2,1H3,(H,19,20). The monoisotopic (exact) mass is 285 g/mol. The van der Waals surface area contributed by atoms with Gasteiger partial charge in [0.15, 0.2) is 11.5 Å². The zero-order valence-electron chi connectivity index (χ0n) is 11.8. The molecule has 0 unspecified atom stereocenters. The highest BCUT2D eigenvalue weighted by Gasteiger charge is 2.04. The molecule has 1 heterocycles. The number of hydrogen-bond acceptors (Lipinski definition) is 5. The van der Waals surface area contributed by atoms with Crippen molar-refractivity contribution in [1.29, 1.82) is 5.26 Å². The zero-order valence-corrected chi connectivity index (χ0v) is 11.8. The van der Waals surface area contributed by atoms with Gasteiger partial charge in [-0.1, -0.05) is 12.1 Å². The van der Waals surface area contributed by atoms with Crippen molar-refractivity contribution in [2.45, 2.75) is 6.54 Å². The average Bonchev–Trinajstić information content (AvgIpc) is 2.50. The number of nitriles is 1. The maximum Gasteiger partial charge on any atom is 0.182 e. The molecular weight excluding hydrogens is 269 g/mol. The Hall–Kier alpha value is -2.52. The Morgan fingerprint density at radius 2 is 1.95 bits per heavy atom. The van der Waals surface area contributed by atoms with Crippen LogP contribution >= 0.6 is 0 Å². The molecule has 0 atom stereocenters. The quantitative estimate of drug-likeness (QED) is 0.879. The fourth-order valence-corrected chi connectivity index (χ4v) is 1.89. The SMILES string of the molecule is CN(CCNc1nccnc1C#N)Cc1ccc(F)cc1. The van der Waals surface area contributed by atoms with Crippen molar-refractivity contribution in [3.05, 3.63) is 53.7 Å². The highest BCUT2D eigenvalue weighted by molar-refractivity contribution is 5.46. The first-order chi connectivity index (χ1) is 10.2. The molecule has 0 amide bonds. The highest BCUT2D eigenvalue weighted by Crippen LogP contribution is 2.07. The summed E-state index contributed by atoms with van der Waals surface area (Å²) in [6.07, 6.45) is 3.04. The van der Waals surface area contributed by atoms with Crippen molar-refractivity contribution in [1.82, 2.24) is 14.9 Å². The minimum Gasteiger partial charge on any atom is -0.366 e. The van der Waals surface area contributed by atoms with E-state index in [-0.39, 0.29) is 5.82 Å². The molecule has 1 N–H and O–H groups in total. The fraction of sp³-hybridized carbons (Fsp3) is 0.267. The van der Waals surface area contributed by atoms with Crippen molar-refractivity contribution in [2.24, 2.45) is 0 Å². The van der Waals surface area contributed by atoms with Gasteiger partial charge in [-0.05, 0) is 24.7 Å². The van der Waals surface area contributed by atoms with E-state index in [0.29, 0.717) is 18.1 Å². The summed E-state index contributed by atoms with van der Waals surface area (Å²) in [7, 11) is 1.98. The van der Waals surface area contributed by atoms with Crippen LogP contribution in [0.15, 0.2) is 36.7 Å². The van der Waals surface area contributed by atoms with Crippen LogP contribution in [0.5, 0.6) is 0 Å². The largest absolute Gasteiger partial charge is 0.366 e. The van der Waals surface area contributed by atoms with Crippen LogP contribution in [0.25, 0.3) is 0 Å². The lowest BCUT2D eigenvalue weighted by Gasteiger charge is -2.17. The fourth-order valence-electron chi connectivity index (χ4n) is 1.89. The molecule has 0 fully saturated rings. The number of anilines is 1. The number of aromatic nitrogens is 2. The summed E-state index contributed by atoms with van der Waals surface area (Å²) in [4.78, 5) is 10.1. The van der Waals surface area contributed by atoms with E-state index < -0.39 is 0 Å². The number of likely N-dealkylation sites (N-methyl/N-ethyl adjacent to an activating group) is 1. The molecule has 108 valence electrons. The number of hydrogen-bond donors (Lipinski definition) is 1. The van der Waals surface area contributed by atoms with Gasteiger partial charge < -0.3 is 10.2 Å². The maximum absolute atomic E-state index is 12.8. The smallest absolute Gasteiger partial charge is 0.182 e. The lowest BCUT2D eigenvalue weighted by Crippen LogP contribution is -2.25. The number of nitrogens with one attached hydrogen (secondary N) is 1. The summed E-state index contributed by atoms with van der Waals surface area (Å²) in [6, 6.07) is 8.46. The molecule has 0 radical (unpaired) electrons. The molecule has 5 nitrogen and oxygen atoms in total. The van der Waals surface area contributed by atoms with Gasteiger partial charge in [-0.15, -0.1) is 0 Å². The first-order valence-corrected chi connectivity index (χ1v) is 6.57. The number of nitrogens with zero attached hydrogens (tertiary/aromatic N) is 4. The van der Waals surface area contributed by atoms with Crippen LogP contribution in [0.3, 0.4) is 0 Å². The Morgan fingerprint density at radius 1 is 1.24 bits per heavy atom. The van der Waals surface area contributed by atoms with Crippen molar-refractivity contribution >= 4 is 5.82 Å². The van der Waals surface area contributed by atoms with Crippen LogP contribution in [0.2, 0.25) is 0 Å². The highest BCUT2D eigenvalue weighted by atomic mass is 19.1. The molecule has 0 saturated carbocycles. The average molecular weight is 285 g/mol. The second-order valence-corrected chi connectivity index (χ2v) is 4.66.